The zero-order chi connectivity index (χ0) is 12.0. The third kappa shape index (κ3) is 4.28. The summed E-state index contributed by atoms with van der Waals surface area (Å²) in [6.07, 6.45) is 3.17. The summed E-state index contributed by atoms with van der Waals surface area (Å²) in [6, 6.07) is 1.72. The number of nitrogens with zero attached hydrogens (tertiary/aromatic N) is 1. The second kappa shape index (κ2) is 6.60. The zero-order valence-electron chi connectivity index (χ0n) is 9.37. The Labute approximate surface area is 104 Å². The van der Waals surface area contributed by atoms with Gasteiger partial charge in [-0.25, -0.2) is 0 Å². The first-order valence-electron chi connectivity index (χ1n) is 5.12. The van der Waals surface area contributed by atoms with Crippen molar-refractivity contribution in [3.63, 3.8) is 0 Å². The van der Waals surface area contributed by atoms with Gasteiger partial charge in [-0.1, -0.05) is 0 Å². The van der Waals surface area contributed by atoms with Gasteiger partial charge in [-0.05, 0) is 35.8 Å². The summed E-state index contributed by atoms with van der Waals surface area (Å²) in [7, 11) is 0. The number of hydrogen-bond donors (Lipinski definition) is 1. The molecule has 1 amide bonds. The molecule has 1 rings (SSSR count). The van der Waals surface area contributed by atoms with Gasteiger partial charge in [0.2, 0.25) is 0 Å². The molecule has 88 valence electrons. The van der Waals surface area contributed by atoms with Crippen LogP contribution >= 0.6 is 15.9 Å². The monoisotopic (exact) mass is 286 g/mol. The van der Waals surface area contributed by atoms with Crippen LogP contribution in [0.4, 0.5) is 0 Å². The van der Waals surface area contributed by atoms with E-state index in [1.807, 2.05) is 13.8 Å². The van der Waals surface area contributed by atoms with Crippen LogP contribution in [0.1, 0.15) is 24.2 Å². The summed E-state index contributed by atoms with van der Waals surface area (Å²) >= 11 is 3.27. The van der Waals surface area contributed by atoms with E-state index >= 15 is 0 Å². The van der Waals surface area contributed by atoms with Crippen molar-refractivity contribution in [2.45, 2.75) is 19.9 Å². The van der Waals surface area contributed by atoms with E-state index < -0.39 is 0 Å². The number of rotatable bonds is 5. The van der Waals surface area contributed by atoms with Gasteiger partial charge in [0.1, 0.15) is 0 Å². The van der Waals surface area contributed by atoms with Crippen LogP contribution in [0.2, 0.25) is 0 Å². The fourth-order valence-corrected chi connectivity index (χ4v) is 1.54. The average molecular weight is 287 g/mol. The molecule has 0 saturated carbocycles. The topological polar surface area (TPSA) is 51.2 Å². The van der Waals surface area contributed by atoms with E-state index in [1.54, 1.807) is 12.3 Å². The first kappa shape index (κ1) is 13.1. The van der Waals surface area contributed by atoms with Crippen molar-refractivity contribution >= 4 is 21.8 Å². The van der Waals surface area contributed by atoms with Crippen molar-refractivity contribution in [1.29, 1.82) is 0 Å². The summed E-state index contributed by atoms with van der Waals surface area (Å²) in [6.45, 7) is 4.99. The van der Waals surface area contributed by atoms with Crippen LogP contribution in [0.25, 0.3) is 0 Å². The molecule has 0 fully saturated rings. The molecule has 0 aliphatic rings. The Hall–Kier alpha value is -0.940. The third-order valence-electron chi connectivity index (χ3n) is 1.92. The largest absolute Gasteiger partial charge is 0.380 e. The van der Waals surface area contributed by atoms with Crippen molar-refractivity contribution < 1.29 is 9.53 Å². The molecule has 1 heterocycles. The Balaban J connectivity index is 2.52. The highest BCUT2D eigenvalue weighted by Gasteiger charge is 2.10. The number of aromatic nitrogens is 1. The molecule has 0 aromatic carbocycles. The number of carbonyl (C=O) groups excluding carboxylic acids is 1. The summed E-state index contributed by atoms with van der Waals surface area (Å²) < 4.78 is 6.01. The maximum atomic E-state index is 11.7. The van der Waals surface area contributed by atoms with Crippen LogP contribution in [-0.2, 0) is 4.74 Å². The fourth-order valence-electron chi connectivity index (χ4n) is 1.18. The molecule has 0 spiro atoms. The summed E-state index contributed by atoms with van der Waals surface area (Å²) in [4.78, 5) is 15.7. The van der Waals surface area contributed by atoms with Gasteiger partial charge in [0.25, 0.3) is 5.91 Å². The van der Waals surface area contributed by atoms with Crippen LogP contribution < -0.4 is 5.32 Å². The zero-order valence-corrected chi connectivity index (χ0v) is 11.0. The minimum atomic E-state index is -0.138. The van der Waals surface area contributed by atoms with Crippen LogP contribution in [0.5, 0.6) is 0 Å². The van der Waals surface area contributed by atoms with Gasteiger partial charge in [-0.15, -0.1) is 0 Å². The fraction of sp³-hybridized carbons (Fsp3) is 0.455. The van der Waals surface area contributed by atoms with Gasteiger partial charge in [-0.2, -0.15) is 0 Å². The predicted molar refractivity (Wildman–Crippen MR) is 65.4 cm³/mol. The number of carbonyl (C=O) groups is 1. The van der Waals surface area contributed by atoms with Crippen LogP contribution in [0.15, 0.2) is 22.9 Å². The second-order valence-electron chi connectivity index (χ2n) is 3.43. The number of ether oxygens (including phenoxy) is 1. The summed E-state index contributed by atoms with van der Waals surface area (Å²) in [5, 5.41) is 2.83. The molecule has 0 saturated heterocycles. The summed E-state index contributed by atoms with van der Waals surface area (Å²) in [5.41, 5.74) is 0.540. The van der Waals surface area contributed by atoms with E-state index in [0.29, 0.717) is 18.8 Å². The third-order valence-corrected chi connectivity index (χ3v) is 2.35. The van der Waals surface area contributed by atoms with Gasteiger partial charge in [0.05, 0.1) is 12.2 Å². The number of pyridine rings is 1. The minimum absolute atomic E-state index is 0.00793. The lowest BCUT2D eigenvalue weighted by atomic mass is 10.2. The van der Waals surface area contributed by atoms with Crippen LogP contribution in [0, 0.1) is 0 Å². The van der Waals surface area contributed by atoms with Gasteiger partial charge < -0.3 is 10.1 Å². The van der Waals surface area contributed by atoms with Crippen LogP contribution in [-0.4, -0.2) is 30.1 Å². The van der Waals surface area contributed by atoms with Crippen molar-refractivity contribution in [2.75, 3.05) is 13.2 Å². The van der Waals surface area contributed by atoms with E-state index in [1.165, 1.54) is 6.20 Å². The Morgan fingerprint density at radius 3 is 3.00 bits per heavy atom. The highest BCUT2D eigenvalue weighted by Crippen LogP contribution is 2.09. The van der Waals surface area contributed by atoms with Gasteiger partial charge in [0.15, 0.2) is 0 Å². The van der Waals surface area contributed by atoms with Crippen molar-refractivity contribution in [2.24, 2.45) is 0 Å². The summed E-state index contributed by atoms with van der Waals surface area (Å²) in [5.74, 6) is -0.138. The molecule has 16 heavy (non-hydrogen) atoms. The van der Waals surface area contributed by atoms with Crippen molar-refractivity contribution in [1.82, 2.24) is 10.3 Å². The maximum absolute atomic E-state index is 11.7. The molecule has 1 unspecified atom stereocenters. The number of halogens is 1. The molecule has 1 atom stereocenters. The number of amides is 1. The highest BCUT2D eigenvalue weighted by atomic mass is 79.9. The normalized spacial score (nSPS) is 12.2. The Morgan fingerprint density at radius 2 is 2.38 bits per heavy atom. The Kier molecular flexibility index (Phi) is 5.42. The molecule has 1 aromatic rings. The molecule has 0 aliphatic heterocycles. The van der Waals surface area contributed by atoms with Crippen molar-refractivity contribution in [3.05, 3.63) is 28.5 Å². The van der Waals surface area contributed by atoms with Gasteiger partial charge in [-0.3, -0.25) is 9.78 Å². The standard InChI is InChI=1S/C11H15BrN2O2/c1-3-16-7-8(2)14-11(15)9-4-10(12)6-13-5-9/h4-6,8H,3,7H2,1-2H3,(H,14,15). The lowest BCUT2D eigenvalue weighted by molar-refractivity contribution is 0.0871. The average Bonchev–Trinajstić information content (AvgIpc) is 2.26. The molecule has 0 bridgehead atoms. The quantitative estimate of drug-likeness (QED) is 0.901. The molecule has 0 aliphatic carbocycles. The minimum Gasteiger partial charge on any atom is -0.380 e. The van der Waals surface area contributed by atoms with E-state index in [4.69, 9.17) is 4.74 Å². The molecular weight excluding hydrogens is 272 g/mol. The highest BCUT2D eigenvalue weighted by molar-refractivity contribution is 9.10. The molecule has 5 heteroatoms. The Bertz CT molecular complexity index is 358. The molecule has 1 N–H and O–H groups in total. The van der Waals surface area contributed by atoms with Gasteiger partial charge in [0, 0.05) is 29.5 Å². The molecular formula is C11H15BrN2O2. The smallest absolute Gasteiger partial charge is 0.253 e. The predicted octanol–water partition coefficient (Wildman–Crippen LogP) is 2.00. The van der Waals surface area contributed by atoms with E-state index in [2.05, 4.69) is 26.2 Å². The first-order chi connectivity index (χ1) is 7.63. The Morgan fingerprint density at radius 1 is 1.62 bits per heavy atom. The van der Waals surface area contributed by atoms with Gasteiger partial charge >= 0.3 is 0 Å². The molecule has 1 aromatic heterocycles. The van der Waals surface area contributed by atoms with Crippen molar-refractivity contribution in [3.8, 4) is 0 Å². The van der Waals surface area contributed by atoms with Crippen LogP contribution in [0.3, 0.4) is 0 Å². The van der Waals surface area contributed by atoms with E-state index in [0.717, 1.165) is 4.47 Å². The first-order valence-corrected chi connectivity index (χ1v) is 5.92. The maximum Gasteiger partial charge on any atom is 0.253 e. The molecule has 0 radical (unpaired) electrons. The van der Waals surface area contributed by atoms with E-state index in [-0.39, 0.29) is 11.9 Å². The second-order valence-corrected chi connectivity index (χ2v) is 4.34. The number of hydrogen-bond acceptors (Lipinski definition) is 3. The lowest BCUT2D eigenvalue weighted by Crippen LogP contribution is -2.35. The SMILES string of the molecule is CCOCC(C)NC(=O)c1cncc(Br)c1. The lowest BCUT2D eigenvalue weighted by Gasteiger charge is -2.13. The van der Waals surface area contributed by atoms with E-state index in [9.17, 15) is 4.79 Å². The number of nitrogens with one attached hydrogen (secondary N) is 1. The molecule has 4 nitrogen and oxygen atoms in total.